The van der Waals surface area contributed by atoms with Gasteiger partial charge in [-0.25, -0.2) is 4.39 Å². The largest absolute Gasteiger partial charge is 0.396 e. The summed E-state index contributed by atoms with van der Waals surface area (Å²) in [5.41, 5.74) is 2.60. The number of hydrogen-bond acceptors (Lipinski definition) is 4. The molecule has 1 saturated carbocycles. The third kappa shape index (κ3) is 2.87. The summed E-state index contributed by atoms with van der Waals surface area (Å²) in [6.45, 7) is 2.65. The molecule has 0 amide bonds. The maximum Gasteiger partial charge on any atom is 0.124 e. The lowest BCUT2D eigenvalue weighted by Gasteiger charge is -2.42. The van der Waals surface area contributed by atoms with Crippen molar-refractivity contribution in [1.82, 2.24) is 4.98 Å². The van der Waals surface area contributed by atoms with Crippen LogP contribution >= 0.6 is 0 Å². The van der Waals surface area contributed by atoms with Crippen LogP contribution in [0.25, 0.3) is 10.9 Å². The van der Waals surface area contributed by atoms with Crippen LogP contribution in [0, 0.1) is 29.5 Å². The quantitative estimate of drug-likeness (QED) is 0.886. The zero-order chi connectivity index (χ0) is 16.4. The van der Waals surface area contributed by atoms with Crippen LogP contribution in [0.1, 0.15) is 36.8 Å². The molecular weight excluding hydrogens is 293 g/mol. The van der Waals surface area contributed by atoms with Gasteiger partial charge in [-0.05, 0) is 49.3 Å². The molecule has 0 saturated heterocycles. The third-order valence-corrected chi connectivity index (χ3v) is 4.94. The van der Waals surface area contributed by atoms with E-state index in [4.69, 9.17) is 0 Å². The van der Waals surface area contributed by atoms with Gasteiger partial charge in [-0.1, -0.05) is 6.42 Å². The molecule has 1 aliphatic carbocycles. The van der Waals surface area contributed by atoms with Crippen LogP contribution in [-0.2, 0) is 0 Å². The number of nitriles is 1. The van der Waals surface area contributed by atoms with Gasteiger partial charge in [0.2, 0.25) is 0 Å². The van der Waals surface area contributed by atoms with E-state index in [2.05, 4.69) is 16.4 Å². The van der Waals surface area contributed by atoms with Crippen LogP contribution in [0.4, 0.5) is 10.1 Å². The topological polar surface area (TPSA) is 68.9 Å². The average molecular weight is 313 g/mol. The molecule has 4 nitrogen and oxygen atoms in total. The molecule has 1 fully saturated rings. The number of fused-ring (bicyclic) bond motifs is 1. The van der Waals surface area contributed by atoms with E-state index in [1.54, 1.807) is 0 Å². The van der Waals surface area contributed by atoms with Crippen molar-refractivity contribution in [2.24, 2.45) is 5.41 Å². The molecule has 0 aliphatic heterocycles. The molecule has 1 aromatic heterocycles. The average Bonchev–Trinajstić information content (AvgIpc) is 2.49. The molecule has 0 spiro atoms. The van der Waals surface area contributed by atoms with Gasteiger partial charge in [0.1, 0.15) is 11.9 Å². The molecule has 0 radical (unpaired) electrons. The fourth-order valence-corrected chi connectivity index (χ4v) is 3.42. The van der Waals surface area contributed by atoms with Crippen molar-refractivity contribution in [1.29, 1.82) is 5.26 Å². The molecule has 1 aliphatic rings. The van der Waals surface area contributed by atoms with Gasteiger partial charge in [-0.2, -0.15) is 5.26 Å². The molecule has 5 heteroatoms. The predicted octanol–water partition coefficient (Wildman–Crippen LogP) is 3.52. The van der Waals surface area contributed by atoms with Crippen molar-refractivity contribution >= 4 is 16.6 Å². The number of aromatic nitrogens is 1. The first-order valence-corrected chi connectivity index (χ1v) is 7.92. The highest BCUT2D eigenvalue weighted by Crippen LogP contribution is 2.44. The SMILES string of the molecule is Cc1cc(F)cc2c(NCC3(CCO)CCC3)c(C#N)cnc12. The van der Waals surface area contributed by atoms with E-state index in [1.807, 2.05) is 6.92 Å². The fourth-order valence-electron chi connectivity index (χ4n) is 3.42. The highest BCUT2D eigenvalue weighted by molar-refractivity contribution is 5.95. The number of aliphatic hydroxyl groups excluding tert-OH is 1. The van der Waals surface area contributed by atoms with Crippen LogP contribution in [0.2, 0.25) is 0 Å². The third-order valence-electron chi connectivity index (χ3n) is 4.94. The Morgan fingerprint density at radius 2 is 2.22 bits per heavy atom. The van der Waals surface area contributed by atoms with E-state index in [0.717, 1.165) is 31.2 Å². The Morgan fingerprint density at radius 1 is 1.43 bits per heavy atom. The van der Waals surface area contributed by atoms with Crippen LogP contribution in [0.5, 0.6) is 0 Å². The summed E-state index contributed by atoms with van der Waals surface area (Å²) in [6.07, 6.45) is 5.59. The summed E-state index contributed by atoms with van der Waals surface area (Å²) in [5.74, 6) is -0.330. The molecule has 1 aromatic carbocycles. The number of nitrogens with one attached hydrogen (secondary N) is 1. The fraction of sp³-hybridized carbons (Fsp3) is 0.444. The Balaban J connectivity index is 2.00. The second kappa shape index (κ2) is 6.13. The van der Waals surface area contributed by atoms with Gasteiger partial charge in [0.15, 0.2) is 0 Å². The minimum atomic E-state index is -0.330. The van der Waals surface area contributed by atoms with Crippen molar-refractivity contribution in [3.05, 3.63) is 35.3 Å². The highest BCUT2D eigenvalue weighted by atomic mass is 19.1. The van der Waals surface area contributed by atoms with Crippen molar-refractivity contribution in [2.75, 3.05) is 18.5 Å². The standard InChI is InChI=1S/C18H20FN3O/c1-12-7-14(19)8-15-16(12)21-10-13(9-20)17(15)22-11-18(5-6-23)3-2-4-18/h7-8,10,23H,2-6,11H2,1H3,(H,21,22). The minimum Gasteiger partial charge on any atom is -0.396 e. The molecule has 2 N–H and O–H groups in total. The number of aryl methyl sites for hydroxylation is 1. The van der Waals surface area contributed by atoms with E-state index in [9.17, 15) is 14.8 Å². The summed E-state index contributed by atoms with van der Waals surface area (Å²) >= 11 is 0. The van der Waals surface area contributed by atoms with Crippen molar-refractivity contribution in [3.8, 4) is 6.07 Å². The highest BCUT2D eigenvalue weighted by Gasteiger charge is 2.36. The van der Waals surface area contributed by atoms with Crippen LogP contribution in [0.3, 0.4) is 0 Å². The van der Waals surface area contributed by atoms with Crippen LogP contribution in [0.15, 0.2) is 18.3 Å². The lowest BCUT2D eigenvalue weighted by molar-refractivity contribution is 0.102. The monoisotopic (exact) mass is 313 g/mol. The van der Waals surface area contributed by atoms with Crippen molar-refractivity contribution in [3.63, 3.8) is 0 Å². The first-order chi connectivity index (χ1) is 11.1. The number of pyridine rings is 1. The summed E-state index contributed by atoms with van der Waals surface area (Å²) < 4.78 is 13.8. The molecule has 23 heavy (non-hydrogen) atoms. The Bertz CT molecular complexity index is 778. The lowest BCUT2D eigenvalue weighted by Crippen LogP contribution is -2.37. The lowest BCUT2D eigenvalue weighted by atomic mass is 9.66. The molecule has 0 unspecified atom stereocenters. The zero-order valence-corrected chi connectivity index (χ0v) is 13.2. The van der Waals surface area contributed by atoms with Crippen molar-refractivity contribution < 1.29 is 9.50 Å². The van der Waals surface area contributed by atoms with E-state index >= 15 is 0 Å². The zero-order valence-electron chi connectivity index (χ0n) is 13.2. The Kier molecular flexibility index (Phi) is 4.18. The van der Waals surface area contributed by atoms with Crippen LogP contribution < -0.4 is 5.32 Å². The first kappa shape index (κ1) is 15.7. The molecule has 1 heterocycles. The predicted molar refractivity (Wildman–Crippen MR) is 87.6 cm³/mol. The molecule has 120 valence electrons. The number of nitrogens with zero attached hydrogens (tertiary/aromatic N) is 2. The normalized spacial score (nSPS) is 15.9. The molecule has 0 bridgehead atoms. The molecule has 2 aromatic rings. The van der Waals surface area contributed by atoms with E-state index in [-0.39, 0.29) is 17.8 Å². The van der Waals surface area contributed by atoms with E-state index in [0.29, 0.717) is 28.7 Å². The van der Waals surface area contributed by atoms with E-state index in [1.165, 1.54) is 18.3 Å². The second-order valence-electron chi connectivity index (χ2n) is 6.46. The summed E-state index contributed by atoms with van der Waals surface area (Å²) in [4.78, 5) is 4.30. The number of benzene rings is 1. The van der Waals surface area contributed by atoms with Gasteiger partial charge in [0.05, 0.1) is 16.8 Å². The molecule has 3 rings (SSSR count). The van der Waals surface area contributed by atoms with Gasteiger partial charge < -0.3 is 10.4 Å². The summed E-state index contributed by atoms with van der Waals surface area (Å²) in [7, 11) is 0. The van der Waals surface area contributed by atoms with E-state index < -0.39 is 0 Å². The Morgan fingerprint density at radius 3 is 2.83 bits per heavy atom. The van der Waals surface area contributed by atoms with Crippen molar-refractivity contribution in [2.45, 2.75) is 32.6 Å². The Labute approximate surface area is 135 Å². The van der Waals surface area contributed by atoms with Gasteiger partial charge in [0.25, 0.3) is 0 Å². The van der Waals surface area contributed by atoms with Gasteiger partial charge in [-0.15, -0.1) is 0 Å². The van der Waals surface area contributed by atoms with Gasteiger partial charge in [0, 0.05) is 24.7 Å². The maximum atomic E-state index is 13.8. The number of rotatable bonds is 5. The molecular formula is C18H20FN3O. The Hall–Kier alpha value is -2.19. The minimum absolute atomic E-state index is 0.0828. The summed E-state index contributed by atoms with van der Waals surface area (Å²) in [5, 5.41) is 22.6. The second-order valence-corrected chi connectivity index (χ2v) is 6.46. The van der Waals surface area contributed by atoms with Gasteiger partial charge >= 0.3 is 0 Å². The number of halogens is 1. The summed E-state index contributed by atoms with van der Waals surface area (Å²) in [6, 6.07) is 5.01. The maximum absolute atomic E-state index is 13.8. The van der Waals surface area contributed by atoms with Gasteiger partial charge in [-0.3, -0.25) is 4.98 Å². The van der Waals surface area contributed by atoms with Crippen LogP contribution in [-0.4, -0.2) is 23.2 Å². The molecule has 0 atom stereocenters. The number of hydrogen-bond donors (Lipinski definition) is 2. The number of aliphatic hydroxyl groups is 1. The smallest absolute Gasteiger partial charge is 0.124 e. The first-order valence-electron chi connectivity index (χ1n) is 7.92. The number of anilines is 1.